The maximum absolute atomic E-state index is 12.7. The first kappa shape index (κ1) is 16.0. The number of imide groups is 2. The highest BCUT2D eigenvalue weighted by Crippen LogP contribution is 2.24. The second-order valence-electron chi connectivity index (χ2n) is 5.31. The van der Waals surface area contributed by atoms with Crippen molar-refractivity contribution in [3.05, 3.63) is 70.3 Å². The van der Waals surface area contributed by atoms with Crippen molar-refractivity contribution in [1.82, 2.24) is 5.32 Å². The van der Waals surface area contributed by atoms with Crippen LogP contribution >= 0.6 is 11.6 Å². The van der Waals surface area contributed by atoms with E-state index in [2.05, 4.69) is 5.32 Å². The normalized spacial score (nSPS) is 16.5. The van der Waals surface area contributed by atoms with Crippen LogP contribution in [0.3, 0.4) is 0 Å². The minimum atomic E-state index is -0.773. The first-order chi connectivity index (χ1) is 11.5. The summed E-state index contributed by atoms with van der Waals surface area (Å²) in [7, 11) is 0. The van der Waals surface area contributed by atoms with Crippen LogP contribution in [0.4, 0.5) is 10.5 Å². The highest BCUT2D eigenvalue weighted by atomic mass is 35.5. The fourth-order valence-electron chi connectivity index (χ4n) is 2.33. The molecule has 4 amide bonds. The van der Waals surface area contributed by atoms with Gasteiger partial charge in [-0.2, -0.15) is 0 Å². The summed E-state index contributed by atoms with van der Waals surface area (Å²) in [4.78, 5) is 37.8. The molecule has 1 aliphatic heterocycles. The summed E-state index contributed by atoms with van der Waals surface area (Å²) in [5, 5.41) is 2.59. The molecule has 0 bridgehead atoms. The van der Waals surface area contributed by atoms with E-state index < -0.39 is 17.8 Å². The van der Waals surface area contributed by atoms with Gasteiger partial charge in [0.25, 0.3) is 11.8 Å². The van der Waals surface area contributed by atoms with Crippen molar-refractivity contribution in [2.45, 2.75) is 6.92 Å². The second-order valence-corrected chi connectivity index (χ2v) is 5.72. The zero-order valence-corrected chi connectivity index (χ0v) is 13.5. The van der Waals surface area contributed by atoms with E-state index in [0.29, 0.717) is 16.3 Å². The Balaban J connectivity index is 2.03. The Kier molecular flexibility index (Phi) is 4.18. The van der Waals surface area contributed by atoms with Gasteiger partial charge >= 0.3 is 6.03 Å². The maximum atomic E-state index is 12.7. The van der Waals surface area contributed by atoms with Gasteiger partial charge in [0.1, 0.15) is 5.57 Å². The van der Waals surface area contributed by atoms with Crippen molar-refractivity contribution in [2.75, 3.05) is 4.90 Å². The van der Waals surface area contributed by atoms with Crippen LogP contribution in [0.25, 0.3) is 6.08 Å². The van der Waals surface area contributed by atoms with Gasteiger partial charge in [-0.25, -0.2) is 9.69 Å². The molecule has 0 atom stereocenters. The van der Waals surface area contributed by atoms with Gasteiger partial charge in [0.15, 0.2) is 0 Å². The number of urea groups is 1. The molecule has 120 valence electrons. The van der Waals surface area contributed by atoms with Gasteiger partial charge in [0.05, 0.1) is 5.69 Å². The maximum Gasteiger partial charge on any atom is 0.335 e. The number of nitrogens with zero attached hydrogens (tertiary/aromatic N) is 1. The lowest BCUT2D eigenvalue weighted by molar-refractivity contribution is -0.122. The number of hydrogen-bond donors (Lipinski definition) is 1. The van der Waals surface area contributed by atoms with Crippen LogP contribution < -0.4 is 10.2 Å². The van der Waals surface area contributed by atoms with E-state index in [-0.39, 0.29) is 5.57 Å². The molecule has 0 aromatic heterocycles. The Labute approximate surface area is 143 Å². The summed E-state index contributed by atoms with van der Waals surface area (Å²) in [5.74, 6) is -1.43. The summed E-state index contributed by atoms with van der Waals surface area (Å²) < 4.78 is 0. The number of barbiturate groups is 1. The lowest BCUT2D eigenvalue weighted by Crippen LogP contribution is -2.54. The summed E-state index contributed by atoms with van der Waals surface area (Å²) in [5.41, 5.74) is 1.76. The predicted octanol–water partition coefficient (Wildman–Crippen LogP) is 3.31. The van der Waals surface area contributed by atoms with Crippen LogP contribution in [0.15, 0.2) is 54.1 Å². The third-order valence-corrected chi connectivity index (χ3v) is 3.94. The Bertz CT molecular complexity index is 872. The summed E-state index contributed by atoms with van der Waals surface area (Å²) in [6, 6.07) is 12.9. The minimum Gasteiger partial charge on any atom is -0.273 e. The van der Waals surface area contributed by atoms with E-state index in [1.807, 2.05) is 6.92 Å². The molecule has 2 aromatic rings. The number of nitrogens with one attached hydrogen (secondary N) is 1. The number of carbonyl (C=O) groups excluding carboxylic acids is 3. The number of aryl methyl sites for hydroxylation is 1. The zero-order chi connectivity index (χ0) is 17.3. The van der Waals surface area contributed by atoms with E-state index in [9.17, 15) is 14.4 Å². The molecule has 0 radical (unpaired) electrons. The molecule has 1 aliphatic rings. The fourth-order valence-corrected chi connectivity index (χ4v) is 2.52. The van der Waals surface area contributed by atoms with Crippen molar-refractivity contribution in [1.29, 1.82) is 0 Å². The van der Waals surface area contributed by atoms with Crippen LogP contribution in [-0.4, -0.2) is 17.8 Å². The summed E-state index contributed by atoms with van der Waals surface area (Å²) >= 11 is 6.07. The molecule has 0 saturated carbocycles. The zero-order valence-electron chi connectivity index (χ0n) is 12.7. The number of rotatable bonds is 2. The smallest absolute Gasteiger partial charge is 0.273 e. The van der Waals surface area contributed by atoms with E-state index >= 15 is 0 Å². The third-order valence-electron chi connectivity index (χ3n) is 3.60. The van der Waals surface area contributed by atoms with E-state index in [0.717, 1.165) is 10.5 Å². The van der Waals surface area contributed by atoms with Crippen LogP contribution in [0.1, 0.15) is 11.1 Å². The highest BCUT2D eigenvalue weighted by molar-refractivity contribution is 6.39. The van der Waals surface area contributed by atoms with E-state index in [1.165, 1.54) is 6.08 Å². The predicted molar refractivity (Wildman–Crippen MR) is 91.6 cm³/mol. The number of amides is 4. The molecular weight excluding hydrogens is 328 g/mol. The molecule has 0 unspecified atom stereocenters. The molecule has 1 N–H and O–H groups in total. The quantitative estimate of drug-likeness (QED) is 0.673. The largest absolute Gasteiger partial charge is 0.335 e. The van der Waals surface area contributed by atoms with Crippen molar-refractivity contribution in [2.24, 2.45) is 0 Å². The standard InChI is InChI=1S/C18H13ClN2O3/c1-11-6-8-13(9-7-11)21-17(23)14(16(22)20-18(21)24)10-12-4-2-3-5-15(12)19/h2-10H,1H3,(H,20,22,24). The average Bonchev–Trinajstić information content (AvgIpc) is 2.54. The number of halogens is 1. The molecule has 24 heavy (non-hydrogen) atoms. The molecule has 0 aliphatic carbocycles. The van der Waals surface area contributed by atoms with Crippen LogP contribution in [0.5, 0.6) is 0 Å². The fraction of sp³-hybridized carbons (Fsp3) is 0.0556. The van der Waals surface area contributed by atoms with Crippen LogP contribution in [0.2, 0.25) is 5.02 Å². The topological polar surface area (TPSA) is 66.5 Å². The van der Waals surface area contributed by atoms with Crippen molar-refractivity contribution >= 4 is 41.2 Å². The third kappa shape index (κ3) is 2.94. The van der Waals surface area contributed by atoms with Gasteiger partial charge in [-0.15, -0.1) is 0 Å². The number of carbonyl (C=O) groups is 3. The van der Waals surface area contributed by atoms with Gasteiger partial charge in [-0.3, -0.25) is 14.9 Å². The Morgan fingerprint density at radius 1 is 1.00 bits per heavy atom. The average molecular weight is 341 g/mol. The monoisotopic (exact) mass is 340 g/mol. The van der Waals surface area contributed by atoms with Gasteiger partial charge in [0.2, 0.25) is 0 Å². The number of hydrogen-bond acceptors (Lipinski definition) is 3. The van der Waals surface area contributed by atoms with E-state index in [4.69, 9.17) is 11.6 Å². The van der Waals surface area contributed by atoms with E-state index in [1.54, 1.807) is 48.5 Å². The minimum absolute atomic E-state index is 0.150. The highest BCUT2D eigenvalue weighted by Gasteiger charge is 2.36. The molecule has 1 heterocycles. The lowest BCUT2D eigenvalue weighted by atomic mass is 10.1. The molecule has 1 saturated heterocycles. The molecule has 5 nitrogen and oxygen atoms in total. The van der Waals surface area contributed by atoms with Gasteiger partial charge in [-0.1, -0.05) is 47.5 Å². The van der Waals surface area contributed by atoms with Gasteiger partial charge in [-0.05, 0) is 36.8 Å². The van der Waals surface area contributed by atoms with Crippen molar-refractivity contribution in [3.63, 3.8) is 0 Å². The van der Waals surface area contributed by atoms with Crippen LogP contribution in [-0.2, 0) is 9.59 Å². The number of anilines is 1. The molecule has 6 heteroatoms. The van der Waals surface area contributed by atoms with Crippen LogP contribution in [0, 0.1) is 6.92 Å². The second kappa shape index (κ2) is 6.29. The Morgan fingerprint density at radius 2 is 1.67 bits per heavy atom. The molecule has 3 rings (SSSR count). The van der Waals surface area contributed by atoms with Gasteiger partial charge in [0, 0.05) is 5.02 Å². The first-order valence-corrected chi connectivity index (χ1v) is 7.58. The lowest BCUT2D eigenvalue weighted by Gasteiger charge is -2.26. The molecule has 1 fully saturated rings. The van der Waals surface area contributed by atoms with Gasteiger partial charge < -0.3 is 0 Å². The van der Waals surface area contributed by atoms with Crippen molar-refractivity contribution in [3.8, 4) is 0 Å². The SMILES string of the molecule is Cc1ccc(N2C(=O)NC(=O)C(=Cc3ccccc3Cl)C2=O)cc1. The molecular formula is C18H13ClN2O3. The summed E-state index contributed by atoms with van der Waals surface area (Å²) in [6.07, 6.45) is 1.38. The Morgan fingerprint density at radius 3 is 2.33 bits per heavy atom. The van der Waals surface area contributed by atoms with Crippen molar-refractivity contribution < 1.29 is 14.4 Å². The summed E-state index contributed by atoms with van der Waals surface area (Å²) in [6.45, 7) is 1.90. The molecule has 2 aromatic carbocycles. The first-order valence-electron chi connectivity index (χ1n) is 7.20. The number of benzene rings is 2. The molecule has 0 spiro atoms. The Hall–Kier alpha value is -2.92.